The molecule has 0 saturated carbocycles. The molecule has 4 nitrogen and oxygen atoms in total. The second-order valence-electron chi connectivity index (χ2n) is 6.73. The quantitative estimate of drug-likeness (QED) is 0.399. The molecule has 0 atom stereocenters. The molecular formula is C24H24O4. The number of benzene rings is 3. The van der Waals surface area contributed by atoms with Gasteiger partial charge >= 0.3 is 5.97 Å². The van der Waals surface area contributed by atoms with E-state index in [1.165, 1.54) is 0 Å². The predicted molar refractivity (Wildman–Crippen MR) is 109 cm³/mol. The van der Waals surface area contributed by atoms with Crippen LogP contribution >= 0.6 is 0 Å². The van der Waals surface area contributed by atoms with Gasteiger partial charge in [0.15, 0.2) is 0 Å². The molecule has 0 bridgehead atoms. The third kappa shape index (κ3) is 4.92. The summed E-state index contributed by atoms with van der Waals surface area (Å²) < 4.78 is 17.4. The number of hydrogen-bond acceptors (Lipinski definition) is 4. The third-order valence-electron chi connectivity index (χ3n) is 4.09. The van der Waals surface area contributed by atoms with Crippen LogP contribution in [0.2, 0.25) is 0 Å². The lowest BCUT2D eigenvalue weighted by atomic mass is 10.1. The van der Waals surface area contributed by atoms with Crippen molar-refractivity contribution in [3.63, 3.8) is 0 Å². The van der Waals surface area contributed by atoms with Gasteiger partial charge in [-0.3, -0.25) is 0 Å². The third-order valence-corrected chi connectivity index (χ3v) is 4.09. The number of hydrogen-bond donors (Lipinski definition) is 0. The number of ether oxygens (including phenoxy) is 3. The molecule has 0 aliphatic carbocycles. The van der Waals surface area contributed by atoms with Crippen LogP contribution in [0.15, 0.2) is 72.8 Å². The second-order valence-corrected chi connectivity index (χ2v) is 6.73. The molecule has 0 heterocycles. The lowest BCUT2D eigenvalue weighted by Crippen LogP contribution is -2.16. The van der Waals surface area contributed by atoms with Gasteiger partial charge in [-0.1, -0.05) is 54.6 Å². The lowest BCUT2D eigenvalue weighted by molar-refractivity contribution is 0.0721. The van der Waals surface area contributed by atoms with Crippen LogP contribution in [-0.2, 0) is 6.61 Å². The van der Waals surface area contributed by atoms with Crippen molar-refractivity contribution in [1.82, 2.24) is 0 Å². The summed E-state index contributed by atoms with van der Waals surface area (Å²) in [6, 6.07) is 22.5. The topological polar surface area (TPSA) is 44.8 Å². The first-order valence-corrected chi connectivity index (χ1v) is 9.29. The average Bonchev–Trinajstić information content (AvgIpc) is 2.68. The number of aryl methyl sites for hydroxylation is 1. The molecule has 0 spiro atoms. The van der Waals surface area contributed by atoms with Crippen LogP contribution in [0.5, 0.6) is 17.2 Å². The van der Waals surface area contributed by atoms with Gasteiger partial charge in [0, 0.05) is 0 Å². The summed E-state index contributed by atoms with van der Waals surface area (Å²) in [5, 5.41) is 0. The minimum Gasteiger partial charge on any atom is -0.490 e. The Kier molecular flexibility index (Phi) is 6.33. The van der Waals surface area contributed by atoms with Gasteiger partial charge < -0.3 is 14.2 Å². The Hall–Kier alpha value is -3.27. The molecule has 0 N–H and O–H groups in total. The molecule has 3 rings (SSSR count). The van der Waals surface area contributed by atoms with Crippen molar-refractivity contribution in [1.29, 1.82) is 0 Å². The van der Waals surface area contributed by atoms with Crippen molar-refractivity contribution in [2.45, 2.75) is 33.5 Å². The van der Waals surface area contributed by atoms with Gasteiger partial charge in [0.1, 0.15) is 29.4 Å². The summed E-state index contributed by atoms with van der Waals surface area (Å²) in [6.07, 6.45) is -0.0885. The summed E-state index contributed by atoms with van der Waals surface area (Å²) in [5.41, 5.74) is 2.18. The number of esters is 1. The van der Waals surface area contributed by atoms with E-state index < -0.39 is 5.97 Å². The van der Waals surface area contributed by atoms with Gasteiger partial charge in [0.05, 0.1) is 6.10 Å². The highest BCUT2D eigenvalue weighted by atomic mass is 16.5. The Bertz CT molecular complexity index is 932. The lowest BCUT2D eigenvalue weighted by Gasteiger charge is -2.17. The fraction of sp³-hybridized carbons (Fsp3) is 0.208. The summed E-state index contributed by atoms with van der Waals surface area (Å²) in [4.78, 5) is 13.0. The molecule has 0 aromatic heterocycles. The van der Waals surface area contributed by atoms with Gasteiger partial charge in [-0.2, -0.15) is 0 Å². The summed E-state index contributed by atoms with van der Waals surface area (Å²) in [5.74, 6) is 0.884. The Labute approximate surface area is 165 Å². The summed E-state index contributed by atoms with van der Waals surface area (Å²) >= 11 is 0. The average molecular weight is 376 g/mol. The standard InChI is InChI=1S/C24H24O4/c1-17(2)27-22-15-9-14-21(26-16-19-11-5-4-6-12-19)23(22)24(25)28-20-13-8-7-10-18(20)3/h4-15,17H,16H2,1-3H3. The van der Waals surface area contributed by atoms with Crippen LogP contribution in [0, 0.1) is 6.92 Å². The molecule has 4 heteroatoms. The summed E-state index contributed by atoms with van der Waals surface area (Å²) in [6.45, 7) is 6.06. The fourth-order valence-electron chi connectivity index (χ4n) is 2.74. The first-order valence-electron chi connectivity index (χ1n) is 9.29. The van der Waals surface area contributed by atoms with Gasteiger partial charge in [0.2, 0.25) is 0 Å². The minimum atomic E-state index is -0.506. The molecule has 0 unspecified atom stereocenters. The highest BCUT2D eigenvalue weighted by Gasteiger charge is 2.22. The molecule has 0 amide bonds. The van der Waals surface area contributed by atoms with E-state index in [4.69, 9.17) is 14.2 Å². The van der Waals surface area contributed by atoms with E-state index in [1.807, 2.05) is 75.4 Å². The molecule has 0 radical (unpaired) electrons. The second kappa shape index (κ2) is 9.09. The zero-order valence-electron chi connectivity index (χ0n) is 16.3. The number of rotatable bonds is 7. The molecule has 0 aliphatic rings. The van der Waals surface area contributed by atoms with E-state index in [0.29, 0.717) is 23.9 Å². The minimum absolute atomic E-state index is 0.0885. The molecule has 3 aromatic rings. The normalized spacial score (nSPS) is 10.6. The van der Waals surface area contributed by atoms with Crippen molar-refractivity contribution >= 4 is 5.97 Å². The smallest absolute Gasteiger partial charge is 0.351 e. The zero-order valence-corrected chi connectivity index (χ0v) is 16.3. The molecule has 144 valence electrons. The molecule has 0 saturated heterocycles. The first kappa shape index (κ1) is 19.5. The monoisotopic (exact) mass is 376 g/mol. The van der Waals surface area contributed by atoms with Gasteiger partial charge in [-0.25, -0.2) is 4.79 Å². The number of para-hydroxylation sites is 1. The van der Waals surface area contributed by atoms with E-state index in [-0.39, 0.29) is 11.7 Å². The molecule has 28 heavy (non-hydrogen) atoms. The predicted octanol–water partition coefficient (Wildman–Crippen LogP) is 5.58. The maximum Gasteiger partial charge on any atom is 0.351 e. The first-order chi connectivity index (χ1) is 13.5. The molecule has 3 aromatic carbocycles. The van der Waals surface area contributed by atoms with Crippen molar-refractivity contribution in [2.75, 3.05) is 0 Å². The molecular weight excluding hydrogens is 352 g/mol. The Morgan fingerprint density at radius 3 is 2.18 bits per heavy atom. The maximum absolute atomic E-state index is 13.0. The van der Waals surface area contributed by atoms with E-state index in [0.717, 1.165) is 11.1 Å². The number of carbonyl (C=O) groups excluding carboxylic acids is 1. The van der Waals surface area contributed by atoms with E-state index in [9.17, 15) is 4.79 Å². The van der Waals surface area contributed by atoms with Crippen LogP contribution in [0.1, 0.15) is 35.3 Å². The van der Waals surface area contributed by atoms with Crippen molar-refractivity contribution in [3.8, 4) is 17.2 Å². The van der Waals surface area contributed by atoms with Crippen molar-refractivity contribution in [3.05, 3.63) is 89.5 Å². The van der Waals surface area contributed by atoms with Crippen LogP contribution in [0.4, 0.5) is 0 Å². The van der Waals surface area contributed by atoms with Crippen molar-refractivity contribution < 1.29 is 19.0 Å². The van der Waals surface area contributed by atoms with Crippen LogP contribution in [0.3, 0.4) is 0 Å². The van der Waals surface area contributed by atoms with E-state index in [1.54, 1.807) is 18.2 Å². The van der Waals surface area contributed by atoms with E-state index >= 15 is 0 Å². The molecule has 0 aliphatic heterocycles. The van der Waals surface area contributed by atoms with Crippen molar-refractivity contribution in [2.24, 2.45) is 0 Å². The van der Waals surface area contributed by atoms with Crippen LogP contribution in [-0.4, -0.2) is 12.1 Å². The van der Waals surface area contributed by atoms with Crippen LogP contribution < -0.4 is 14.2 Å². The van der Waals surface area contributed by atoms with Gasteiger partial charge in [0.25, 0.3) is 0 Å². The van der Waals surface area contributed by atoms with Gasteiger partial charge in [-0.15, -0.1) is 0 Å². The Balaban J connectivity index is 1.91. The molecule has 0 fully saturated rings. The van der Waals surface area contributed by atoms with Gasteiger partial charge in [-0.05, 0) is 50.1 Å². The number of carbonyl (C=O) groups is 1. The zero-order chi connectivity index (χ0) is 19.9. The SMILES string of the molecule is Cc1ccccc1OC(=O)c1c(OCc2ccccc2)cccc1OC(C)C. The fourth-order valence-corrected chi connectivity index (χ4v) is 2.74. The van der Waals surface area contributed by atoms with Crippen LogP contribution in [0.25, 0.3) is 0 Å². The summed E-state index contributed by atoms with van der Waals surface area (Å²) in [7, 11) is 0. The van der Waals surface area contributed by atoms with E-state index in [2.05, 4.69) is 0 Å². The Morgan fingerprint density at radius 1 is 0.821 bits per heavy atom. The maximum atomic E-state index is 13.0. The highest BCUT2D eigenvalue weighted by Crippen LogP contribution is 2.32. The Morgan fingerprint density at radius 2 is 1.46 bits per heavy atom. The highest BCUT2D eigenvalue weighted by molar-refractivity contribution is 5.97. The largest absolute Gasteiger partial charge is 0.490 e.